The van der Waals surface area contributed by atoms with Crippen molar-refractivity contribution in [3.63, 3.8) is 0 Å². The van der Waals surface area contributed by atoms with Gasteiger partial charge in [0, 0.05) is 0 Å². The van der Waals surface area contributed by atoms with E-state index in [4.69, 9.17) is 23.0 Å². The topological polar surface area (TPSA) is 93.9 Å². The first-order chi connectivity index (χ1) is 14.7. The molecule has 0 unspecified atom stereocenters. The van der Waals surface area contributed by atoms with E-state index >= 15 is 0 Å². The molecule has 0 spiro atoms. The van der Waals surface area contributed by atoms with Gasteiger partial charge in [0.15, 0.2) is 0 Å². The number of hydrogen-bond acceptors (Lipinski definition) is 8. The van der Waals surface area contributed by atoms with Crippen LogP contribution in [0.3, 0.4) is 0 Å². The summed E-state index contributed by atoms with van der Waals surface area (Å²) < 4.78 is 26.0. The Morgan fingerprint density at radius 3 is 1.90 bits per heavy atom. The predicted octanol–water partition coefficient (Wildman–Crippen LogP) is 5.15. The standard InChI is InChI=1S/C21H27N2O6P/c1-25-20-10-6-18(7-11-20)22-23-19-8-12-21(13-9-19)26-14-4-2-3-5-15-27-30(24)28-16-17-29-30/h6-13H,2-5,14-17H2,1H3. The number of benzene rings is 2. The van der Waals surface area contributed by atoms with Gasteiger partial charge in [-0.15, -0.1) is 0 Å². The molecule has 2 aromatic rings. The van der Waals surface area contributed by atoms with Gasteiger partial charge in [-0.05, 0) is 67.8 Å². The molecule has 3 rings (SSSR count). The van der Waals surface area contributed by atoms with Crippen LogP contribution in [0.2, 0.25) is 0 Å². The highest BCUT2D eigenvalue weighted by Gasteiger charge is 2.37. The molecule has 0 bridgehead atoms. The Kier molecular flexibility index (Phi) is 8.99. The van der Waals surface area contributed by atoms with Crippen molar-refractivity contribution in [1.82, 2.24) is 0 Å². The minimum atomic E-state index is -3.25. The van der Waals surface area contributed by atoms with Crippen LogP contribution in [0.4, 0.5) is 11.4 Å². The zero-order chi connectivity index (χ0) is 21.1. The van der Waals surface area contributed by atoms with E-state index in [1.807, 2.05) is 48.5 Å². The molecule has 0 saturated carbocycles. The van der Waals surface area contributed by atoms with Crippen LogP contribution >= 0.6 is 8.17 Å². The molecule has 0 aromatic heterocycles. The summed E-state index contributed by atoms with van der Waals surface area (Å²) in [5.74, 6) is 1.59. The zero-order valence-electron chi connectivity index (χ0n) is 17.1. The summed E-state index contributed by atoms with van der Waals surface area (Å²) in [7, 11) is -1.62. The Morgan fingerprint density at radius 1 is 0.800 bits per heavy atom. The fourth-order valence-corrected chi connectivity index (χ4v) is 3.88. The van der Waals surface area contributed by atoms with Gasteiger partial charge in [-0.1, -0.05) is 6.42 Å². The van der Waals surface area contributed by atoms with Crippen molar-refractivity contribution in [1.29, 1.82) is 0 Å². The summed E-state index contributed by atoms with van der Waals surface area (Å²) in [5, 5.41) is 8.43. The van der Waals surface area contributed by atoms with Gasteiger partial charge in [0.25, 0.3) is 0 Å². The molecule has 0 aliphatic carbocycles. The normalized spacial score (nSPS) is 15.5. The quantitative estimate of drug-likeness (QED) is 0.260. The second-order valence-corrected chi connectivity index (χ2v) is 8.27. The van der Waals surface area contributed by atoms with Crippen molar-refractivity contribution >= 4 is 19.5 Å². The molecule has 0 radical (unpaired) electrons. The fourth-order valence-electron chi connectivity index (χ4n) is 2.71. The molecular weight excluding hydrogens is 407 g/mol. The van der Waals surface area contributed by atoms with Crippen LogP contribution in [-0.2, 0) is 13.6 Å². The molecule has 0 atom stereocenters. The number of nitrogens with zero attached hydrogens (tertiary/aromatic N) is 2. The summed E-state index contributed by atoms with van der Waals surface area (Å²) in [5.41, 5.74) is 1.52. The van der Waals surface area contributed by atoms with Gasteiger partial charge >= 0.3 is 8.17 Å². The summed E-state index contributed by atoms with van der Waals surface area (Å²) in [6.45, 7) is 1.69. The van der Waals surface area contributed by atoms with Crippen molar-refractivity contribution in [2.75, 3.05) is 33.5 Å². The van der Waals surface area contributed by atoms with Crippen LogP contribution in [0.25, 0.3) is 0 Å². The summed E-state index contributed by atoms with van der Waals surface area (Å²) in [6.07, 6.45) is 3.71. The lowest BCUT2D eigenvalue weighted by molar-refractivity contribution is -0.236. The van der Waals surface area contributed by atoms with Crippen molar-refractivity contribution in [3.8, 4) is 11.5 Å². The third kappa shape index (κ3) is 7.63. The predicted molar refractivity (Wildman–Crippen MR) is 112 cm³/mol. The highest BCUT2D eigenvalue weighted by atomic mass is 31.2. The monoisotopic (exact) mass is 434 g/mol. The lowest BCUT2D eigenvalue weighted by Crippen LogP contribution is -2.13. The lowest BCUT2D eigenvalue weighted by Gasteiger charge is -2.17. The number of methoxy groups -OCH3 is 1. The van der Waals surface area contributed by atoms with Crippen LogP contribution in [-0.4, -0.2) is 33.5 Å². The van der Waals surface area contributed by atoms with Crippen LogP contribution in [0.1, 0.15) is 25.7 Å². The molecule has 30 heavy (non-hydrogen) atoms. The molecule has 162 valence electrons. The minimum Gasteiger partial charge on any atom is -0.606 e. The van der Waals surface area contributed by atoms with Crippen LogP contribution in [0, 0.1) is 0 Å². The van der Waals surface area contributed by atoms with Crippen molar-refractivity contribution < 1.29 is 27.9 Å². The van der Waals surface area contributed by atoms with Gasteiger partial charge in [0.1, 0.15) is 24.7 Å². The number of ether oxygens (including phenoxy) is 2. The smallest absolute Gasteiger partial charge is 0.379 e. The molecule has 2 aromatic carbocycles. The summed E-state index contributed by atoms with van der Waals surface area (Å²) in [6, 6.07) is 14.9. The van der Waals surface area contributed by atoms with E-state index in [-0.39, 0.29) is 0 Å². The van der Waals surface area contributed by atoms with E-state index in [9.17, 15) is 4.89 Å². The second-order valence-electron chi connectivity index (χ2n) is 6.60. The maximum Gasteiger partial charge on any atom is 0.379 e. The first-order valence-electron chi connectivity index (χ1n) is 9.99. The van der Waals surface area contributed by atoms with Crippen molar-refractivity contribution in [2.24, 2.45) is 10.2 Å². The van der Waals surface area contributed by atoms with E-state index in [2.05, 4.69) is 10.2 Å². The second kappa shape index (κ2) is 11.9. The molecule has 1 saturated heterocycles. The van der Waals surface area contributed by atoms with Crippen LogP contribution in [0.15, 0.2) is 58.8 Å². The third-order valence-corrected chi connectivity index (χ3v) is 5.83. The summed E-state index contributed by atoms with van der Waals surface area (Å²) >= 11 is 0. The maximum atomic E-state index is 11.8. The first-order valence-corrected chi connectivity index (χ1v) is 11.5. The molecule has 1 aliphatic rings. The first kappa shape index (κ1) is 22.6. The highest BCUT2D eigenvalue weighted by molar-refractivity contribution is 7.54. The van der Waals surface area contributed by atoms with E-state index in [1.54, 1.807) is 7.11 Å². The molecule has 1 fully saturated rings. The van der Waals surface area contributed by atoms with Gasteiger partial charge in [-0.2, -0.15) is 23.8 Å². The minimum absolute atomic E-state index is 0.334. The van der Waals surface area contributed by atoms with Gasteiger partial charge < -0.3 is 14.4 Å². The van der Waals surface area contributed by atoms with Crippen LogP contribution < -0.4 is 14.4 Å². The number of rotatable bonds is 12. The fraction of sp³-hybridized carbons (Fsp3) is 0.429. The average Bonchev–Trinajstić information content (AvgIpc) is 3.22. The average molecular weight is 434 g/mol. The lowest BCUT2D eigenvalue weighted by atomic mass is 10.2. The number of unbranched alkanes of at least 4 members (excludes halogenated alkanes) is 3. The molecule has 9 heteroatoms. The Bertz CT molecular complexity index is 779. The van der Waals surface area contributed by atoms with Gasteiger partial charge in [-0.25, -0.2) is 0 Å². The number of azo groups is 1. The molecule has 0 amide bonds. The third-order valence-electron chi connectivity index (χ3n) is 4.33. The number of phosphoric acid groups is 1. The largest absolute Gasteiger partial charge is 0.606 e. The Morgan fingerprint density at radius 2 is 1.33 bits per heavy atom. The molecule has 0 N–H and O–H groups in total. The van der Waals surface area contributed by atoms with Gasteiger partial charge in [-0.3, -0.25) is 0 Å². The van der Waals surface area contributed by atoms with E-state index in [0.29, 0.717) is 26.4 Å². The zero-order valence-corrected chi connectivity index (χ0v) is 18.0. The van der Waals surface area contributed by atoms with Crippen molar-refractivity contribution in [2.45, 2.75) is 25.7 Å². The van der Waals surface area contributed by atoms with Gasteiger partial charge in [0.2, 0.25) is 0 Å². The Balaban J connectivity index is 1.27. The number of hydrogen-bond donors (Lipinski definition) is 0. The van der Waals surface area contributed by atoms with Crippen LogP contribution in [0.5, 0.6) is 11.5 Å². The summed E-state index contributed by atoms with van der Waals surface area (Å²) in [4.78, 5) is 11.8. The molecule has 1 heterocycles. The van der Waals surface area contributed by atoms with Crippen molar-refractivity contribution in [3.05, 3.63) is 48.5 Å². The van der Waals surface area contributed by atoms with E-state index < -0.39 is 8.17 Å². The SMILES string of the molecule is COc1ccc(N=Nc2ccc(OCCCCCCO[P+]3([O-])OCCO3)cc2)cc1. The van der Waals surface area contributed by atoms with Gasteiger partial charge in [0.05, 0.1) is 31.7 Å². The molecule has 8 nitrogen and oxygen atoms in total. The molecule has 1 aliphatic heterocycles. The maximum absolute atomic E-state index is 11.8. The Labute approximate surface area is 177 Å². The van der Waals surface area contributed by atoms with E-state index in [0.717, 1.165) is 48.6 Å². The van der Waals surface area contributed by atoms with E-state index in [1.165, 1.54) is 0 Å². The molecular formula is C21H27N2O6P. The number of phosphoric ester groups is 1. The highest BCUT2D eigenvalue weighted by Crippen LogP contribution is 2.56. The Hall–Kier alpha value is -2.09.